The molecule has 0 bridgehead atoms. The van der Waals surface area contributed by atoms with Gasteiger partial charge in [0.1, 0.15) is 5.82 Å². The lowest BCUT2D eigenvalue weighted by atomic mass is 10.00. The van der Waals surface area contributed by atoms with Gasteiger partial charge in [-0.3, -0.25) is 4.90 Å². The Morgan fingerprint density at radius 1 is 1.19 bits per heavy atom. The predicted molar refractivity (Wildman–Crippen MR) is 82.8 cm³/mol. The number of nitrogens with one attached hydrogen (secondary N) is 1. The molecular weight excluding hydrogens is 324 g/mol. The van der Waals surface area contributed by atoms with Crippen molar-refractivity contribution in [2.24, 2.45) is 0 Å². The molecular formula is C14H19Cl2F3N2. The molecule has 0 aliphatic carbocycles. The molecule has 1 saturated heterocycles. The minimum absolute atomic E-state index is 0. The Morgan fingerprint density at radius 3 is 2.38 bits per heavy atom. The smallest absolute Gasteiger partial charge is 0.163 e. The molecule has 0 aromatic heterocycles. The van der Waals surface area contributed by atoms with Crippen LogP contribution in [-0.2, 0) is 0 Å². The summed E-state index contributed by atoms with van der Waals surface area (Å²) in [6.07, 6.45) is 2.11. The lowest BCUT2D eigenvalue weighted by Crippen LogP contribution is -2.45. The lowest BCUT2D eigenvalue weighted by Gasteiger charge is -2.35. The number of piperazine rings is 1. The van der Waals surface area contributed by atoms with Gasteiger partial charge in [-0.05, 0) is 12.5 Å². The third-order valence-electron chi connectivity index (χ3n) is 3.36. The largest absolute Gasteiger partial charge is 0.314 e. The highest BCUT2D eigenvalue weighted by Gasteiger charge is 2.25. The van der Waals surface area contributed by atoms with E-state index in [0.29, 0.717) is 12.5 Å². The van der Waals surface area contributed by atoms with Gasteiger partial charge in [-0.2, -0.15) is 0 Å². The van der Waals surface area contributed by atoms with Crippen molar-refractivity contribution >= 4 is 24.8 Å². The van der Waals surface area contributed by atoms with E-state index in [-0.39, 0.29) is 36.4 Å². The van der Waals surface area contributed by atoms with Crippen molar-refractivity contribution in [3.63, 3.8) is 0 Å². The SMILES string of the molecule is C=CC[C@H](c1cc(F)cc(F)c1F)N1CCNCC1.Cl.Cl. The van der Waals surface area contributed by atoms with Crippen molar-refractivity contribution in [2.45, 2.75) is 12.5 Å². The average Bonchev–Trinajstić information content (AvgIpc) is 2.41. The molecule has 0 unspecified atom stereocenters. The van der Waals surface area contributed by atoms with E-state index in [1.54, 1.807) is 6.08 Å². The molecule has 2 rings (SSSR count). The van der Waals surface area contributed by atoms with Gasteiger partial charge >= 0.3 is 0 Å². The van der Waals surface area contributed by atoms with Gasteiger partial charge in [-0.15, -0.1) is 31.4 Å². The van der Waals surface area contributed by atoms with Gasteiger partial charge in [0.15, 0.2) is 11.6 Å². The molecule has 2 nitrogen and oxygen atoms in total. The number of benzene rings is 1. The van der Waals surface area contributed by atoms with Gasteiger partial charge in [-0.1, -0.05) is 6.08 Å². The quantitative estimate of drug-likeness (QED) is 0.665. The summed E-state index contributed by atoms with van der Waals surface area (Å²) >= 11 is 0. The second kappa shape index (κ2) is 9.30. The highest BCUT2D eigenvalue weighted by Crippen LogP contribution is 2.29. The van der Waals surface area contributed by atoms with Crippen molar-refractivity contribution in [3.8, 4) is 0 Å². The van der Waals surface area contributed by atoms with Crippen molar-refractivity contribution in [2.75, 3.05) is 26.2 Å². The van der Waals surface area contributed by atoms with Crippen LogP contribution in [-0.4, -0.2) is 31.1 Å². The monoisotopic (exact) mass is 342 g/mol. The summed E-state index contributed by atoms with van der Waals surface area (Å²) in [5.74, 6) is -2.86. The van der Waals surface area contributed by atoms with E-state index in [0.717, 1.165) is 32.2 Å². The van der Waals surface area contributed by atoms with Crippen LogP contribution in [0.4, 0.5) is 13.2 Å². The van der Waals surface area contributed by atoms with Gasteiger partial charge in [-0.25, -0.2) is 13.2 Å². The van der Waals surface area contributed by atoms with Gasteiger partial charge in [0.25, 0.3) is 0 Å². The molecule has 1 N–H and O–H groups in total. The molecule has 1 atom stereocenters. The number of rotatable bonds is 4. The van der Waals surface area contributed by atoms with Crippen molar-refractivity contribution < 1.29 is 13.2 Å². The van der Waals surface area contributed by atoms with E-state index in [4.69, 9.17) is 0 Å². The Morgan fingerprint density at radius 2 is 1.81 bits per heavy atom. The van der Waals surface area contributed by atoms with Crippen molar-refractivity contribution in [1.82, 2.24) is 10.2 Å². The zero-order valence-corrected chi connectivity index (χ0v) is 13.1. The minimum atomic E-state index is -1.14. The fourth-order valence-electron chi connectivity index (χ4n) is 2.44. The van der Waals surface area contributed by atoms with E-state index in [9.17, 15) is 13.2 Å². The molecule has 120 valence electrons. The van der Waals surface area contributed by atoms with Gasteiger partial charge < -0.3 is 5.32 Å². The lowest BCUT2D eigenvalue weighted by molar-refractivity contribution is 0.170. The molecule has 0 saturated carbocycles. The van der Waals surface area contributed by atoms with Crippen LogP contribution in [0, 0.1) is 17.5 Å². The topological polar surface area (TPSA) is 15.3 Å². The maximum absolute atomic E-state index is 13.9. The molecule has 1 aliphatic rings. The Hall–Kier alpha value is -0.750. The molecule has 1 aromatic carbocycles. The summed E-state index contributed by atoms with van der Waals surface area (Å²) in [7, 11) is 0. The Balaban J connectivity index is 0.00000200. The Kier molecular flexibility index (Phi) is 8.97. The van der Waals surface area contributed by atoms with E-state index < -0.39 is 17.5 Å². The predicted octanol–water partition coefficient (Wildman–Crippen LogP) is 3.47. The summed E-state index contributed by atoms with van der Waals surface area (Å²) in [4.78, 5) is 2.02. The van der Waals surface area contributed by atoms with E-state index in [1.807, 2.05) is 4.90 Å². The van der Waals surface area contributed by atoms with Crippen LogP contribution in [0.3, 0.4) is 0 Å². The first-order valence-corrected chi connectivity index (χ1v) is 6.33. The number of halogens is 5. The maximum Gasteiger partial charge on any atom is 0.163 e. The fraction of sp³-hybridized carbons (Fsp3) is 0.429. The fourth-order valence-corrected chi connectivity index (χ4v) is 2.44. The van der Waals surface area contributed by atoms with Crippen LogP contribution in [0.15, 0.2) is 24.8 Å². The number of nitrogens with zero attached hydrogens (tertiary/aromatic N) is 1. The summed E-state index contributed by atoms with van der Waals surface area (Å²) < 4.78 is 40.5. The summed E-state index contributed by atoms with van der Waals surface area (Å²) in [5, 5.41) is 3.19. The second-order valence-electron chi connectivity index (χ2n) is 4.62. The molecule has 0 spiro atoms. The number of hydrogen-bond acceptors (Lipinski definition) is 2. The first kappa shape index (κ1) is 20.2. The minimum Gasteiger partial charge on any atom is -0.314 e. The van der Waals surface area contributed by atoms with E-state index >= 15 is 0 Å². The zero-order chi connectivity index (χ0) is 13.8. The first-order valence-electron chi connectivity index (χ1n) is 6.33. The standard InChI is InChI=1S/C14H17F3N2.2ClH/c1-2-3-13(19-6-4-18-5-7-19)11-8-10(15)9-12(16)14(11)17;;/h2,8-9,13,18H,1,3-7H2;2*1H/t13-;;/m1../s1. The molecule has 1 aromatic rings. The normalized spacial score (nSPS) is 16.5. The first-order chi connectivity index (χ1) is 9.13. The third kappa shape index (κ3) is 4.88. The van der Waals surface area contributed by atoms with Crippen LogP contribution < -0.4 is 5.32 Å². The molecule has 0 amide bonds. The highest BCUT2D eigenvalue weighted by atomic mass is 35.5. The molecule has 1 heterocycles. The Bertz CT molecular complexity index is 466. The van der Waals surface area contributed by atoms with E-state index in [1.165, 1.54) is 0 Å². The third-order valence-corrected chi connectivity index (χ3v) is 3.36. The molecule has 7 heteroatoms. The average molecular weight is 343 g/mol. The van der Waals surface area contributed by atoms with Crippen LogP contribution in [0.2, 0.25) is 0 Å². The van der Waals surface area contributed by atoms with Crippen molar-refractivity contribution in [1.29, 1.82) is 0 Å². The molecule has 1 aliphatic heterocycles. The van der Waals surface area contributed by atoms with Gasteiger partial charge in [0, 0.05) is 43.9 Å². The molecule has 1 fully saturated rings. The van der Waals surface area contributed by atoms with Crippen LogP contribution in [0.1, 0.15) is 18.0 Å². The van der Waals surface area contributed by atoms with Crippen molar-refractivity contribution in [3.05, 3.63) is 47.8 Å². The summed E-state index contributed by atoms with van der Waals surface area (Å²) in [6, 6.07) is 1.28. The van der Waals surface area contributed by atoms with Crippen LogP contribution >= 0.6 is 24.8 Å². The summed E-state index contributed by atoms with van der Waals surface area (Å²) in [6.45, 7) is 6.65. The maximum atomic E-state index is 13.9. The van der Waals surface area contributed by atoms with E-state index in [2.05, 4.69) is 11.9 Å². The molecule has 21 heavy (non-hydrogen) atoms. The van der Waals surface area contributed by atoms with Gasteiger partial charge in [0.05, 0.1) is 0 Å². The van der Waals surface area contributed by atoms with Crippen LogP contribution in [0.5, 0.6) is 0 Å². The summed E-state index contributed by atoms with van der Waals surface area (Å²) in [5.41, 5.74) is 0.0688. The van der Waals surface area contributed by atoms with Crippen LogP contribution in [0.25, 0.3) is 0 Å². The Labute approximate surface area is 135 Å². The number of hydrogen-bond donors (Lipinski definition) is 1. The molecule has 0 radical (unpaired) electrons. The zero-order valence-electron chi connectivity index (χ0n) is 11.4. The van der Waals surface area contributed by atoms with Gasteiger partial charge in [0.2, 0.25) is 0 Å². The second-order valence-corrected chi connectivity index (χ2v) is 4.62. The highest BCUT2D eigenvalue weighted by molar-refractivity contribution is 5.85.